The molecule has 1 aromatic carbocycles. The van der Waals surface area contributed by atoms with Gasteiger partial charge in [0.2, 0.25) is 0 Å². The second-order valence-corrected chi connectivity index (χ2v) is 4.92. The van der Waals surface area contributed by atoms with Gasteiger partial charge in [0, 0.05) is 23.8 Å². The first-order valence-electron chi connectivity index (χ1n) is 6.63. The van der Waals surface area contributed by atoms with E-state index in [-0.39, 0.29) is 11.4 Å². The van der Waals surface area contributed by atoms with Crippen molar-refractivity contribution in [3.8, 4) is 11.3 Å². The number of aryl methyl sites for hydroxylation is 1. The molecule has 0 aliphatic carbocycles. The third-order valence-corrected chi connectivity index (χ3v) is 3.32. The van der Waals surface area contributed by atoms with E-state index in [4.69, 9.17) is 4.42 Å². The van der Waals surface area contributed by atoms with Crippen LogP contribution in [0.4, 0.5) is 10.5 Å². The van der Waals surface area contributed by atoms with Gasteiger partial charge in [-0.05, 0) is 30.7 Å². The summed E-state index contributed by atoms with van der Waals surface area (Å²) in [6, 6.07) is 7.21. The third-order valence-electron chi connectivity index (χ3n) is 3.32. The van der Waals surface area contributed by atoms with Crippen LogP contribution in [0.3, 0.4) is 0 Å². The van der Waals surface area contributed by atoms with E-state index >= 15 is 0 Å². The van der Waals surface area contributed by atoms with Crippen molar-refractivity contribution >= 4 is 23.7 Å². The molecule has 1 aromatic heterocycles. The minimum absolute atomic E-state index is 0.00508. The second-order valence-electron chi connectivity index (χ2n) is 4.92. The van der Waals surface area contributed by atoms with E-state index in [9.17, 15) is 19.7 Å². The zero-order valence-corrected chi connectivity index (χ0v) is 12.0. The molecule has 3 rings (SSSR count). The van der Waals surface area contributed by atoms with E-state index in [0.29, 0.717) is 22.6 Å². The molecular weight excluding hydrogens is 302 g/mol. The lowest BCUT2D eigenvalue weighted by atomic mass is 10.1. The van der Waals surface area contributed by atoms with Gasteiger partial charge in [-0.3, -0.25) is 20.2 Å². The predicted octanol–water partition coefficient (Wildman–Crippen LogP) is 2.34. The van der Waals surface area contributed by atoms with Crippen molar-refractivity contribution in [3.63, 3.8) is 0 Å². The molecule has 2 heterocycles. The highest BCUT2D eigenvalue weighted by atomic mass is 16.6. The number of carbonyl (C=O) groups is 2. The average molecular weight is 313 g/mol. The van der Waals surface area contributed by atoms with Gasteiger partial charge in [-0.1, -0.05) is 0 Å². The summed E-state index contributed by atoms with van der Waals surface area (Å²) < 4.78 is 5.62. The molecule has 2 aromatic rings. The number of imide groups is 1. The van der Waals surface area contributed by atoms with Crippen LogP contribution in [0.15, 0.2) is 40.4 Å². The number of furan rings is 1. The summed E-state index contributed by atoms with van der Waals surface area (Å²) in [5.41, 5.74) is 1.50. The van der Waals surface area contributed by atoms with Gasteiger partial charge in [0.05, 0.1) is 4.92 Å². The predicted molar refractivity (Wildman–Crippen MR) is 80.2 cm³/mol. The SMILES string of the molecule is Cc1cc([N+](=O)[O-])ccc1-c1ccc(/C=C2\NC(=O)NC2=O)o1. The van der Waals surface area contributed by atoms with E-state index in [1.54, 1.807) is 25.1 Å². The zero-order chi connectivity index (χ0) is 16.6. The zero-order valence-electron chi connectivity index (χ0n) is 12.0. The van der Waals surface area contributed by atoms with Crippen LogP contribution in [-0.4, -0.2) is 16.9 Å². The molecule has 0 radical (unpaired) electrons. The number of hydrogen-bond acceptors (Lipinski definition) is 5. The summed E-state index contributed by atoms with van der Waals surface area (Å²) in [5.74, 6) is 0.360. The van der Waals surface area contributed by atoms with Crippen LogP contribution in [0.2, 0.25) is 0 Å². The molecule has 1 fully saturated rings. The van der Waals surface area contributed by atoms with E-state index in [1.165, 1.54) is 18.2 Å². The molecule has 1 aliphatic heterocycles. The molecule has 0 spiro atoms. The molecule has 23 heavy (non-hydrogen) atoms. The van der Waals surface area contributed by atoms with Gasteiger partial charge in [0.25, 0.3) is 11.6 Å². The minimum atomic E-state index is -0.584. The van der Waals surface area contributed by atoms with Gasteiger partial charge < -0.3 is 9.73 Å². The smallest absolute Gasteiger partial charge is 0.326 e. The Morgan fingerprint density at radius 2 is 1.96 bits per heavy atom. The first-order valence-corrected chi connectivity index (χ1v) is 6.63. The van der Waals surface area contributed by atoms with Crippen molar-refractivity contribution in [2.75, 3.05) is 0 Å². The number of rotatable bonds is 3. The van der Waals surface area contributed by atoms with Crippen LogP contribution in [-0.2, 0) is 4.79 Å². The maximum atomic E-state index is 11.5. The van der Waals surface area contributed by atoms with Crippen LogP contribution in [0.1, 0.15) is 11.3 Å². The Labute approximate surface area is 129 Å². The topological polar surface area (TPSA) is 114 Å². The van der Waals surface area contributed by atoms with Gasteiger partial charge in [0.1, 0.15) is 17.2 Å². The maximum Gasteiger partial charge on any atom is 0.326 e. The van der Waals surface area contributed by atoms with Gasteiger partial charge in [-0.2, -0.15) is 0 Å². The van der Waals surface area contributed by atoms with Gasteiger partial charge in [-0.25, -0.2) is 4.79 Å². The molecule has 1 saturated heterocycles. The Balaban J connectivity index is 1.91. The molecule has 116 valence electrons. The number of amides is 3. The quantitative estimate of drug-likeness (QED) is 0.390. The summed E-state index contributed by atoms with van der Waals surface area (Å²) >= 11 is 0. The Hall–Kier alpha value is -3.42. The highest BCUT2D eigenvalue weighted by molar-refractivity contribution is 6.13. The largest absolute Gasteiger partial charge is 0.457 e. The normalized spacial score (nSPS) is 15.6. The third kappa shape index (κ3) is 2.82. The van der Waals surface area contributed by atoms with Crippen LogP contribution in [0.5, 0.6) is 0 Å². The molecule has 2 N–H and O–H groups in total. The summed E-state index contributed by atoms with van der Waals surface area (Å²) in [5, 5.41) is 15.2. The Kier molecular flexibility index (Phi) is 3.41. The lowest BCUT2D eigenvalue weighted by Gasteiger charge is -2.02. The van der Waals surface area contributed by atoms with Crippen molar-refractivity contribution in [1.29, 1.82) is 0 Å². The van der Waals surface area contributed by atoms with Gasteiger partial charge >= 0.3 is 6.03 Å². The van der Waals surface area contributed by atoms with Crippen LogP contribution in [0.25, 0.3) is 17.4 Å². The fourth-order valence-corrected chi connectivity index (χ4v) is 2.24. The van der Waals surface area contributed by atoms with Crippen molar-refractivity contribution in [3.05, 3.63) is 57.5 Å². The number of nitrogens with one attached hydrogen (secondary N) is 2. The minimum Gasteiger partial charge on any atom is -0.457 e. The molecule has 8 nitrogen and oxygen atoms in total. The number of nitro groups is 1. The number of nitrogens with zero attached hydrogens (tertiary/aromatic N) is 1. The first-order chi connectivity index (χ1) is 10.9. The van der Waals surface area contributed by atoms with Crippen molar-refractivity contribution in [2.45, 2.75) is 6.92 Å². The number of hydrogen-bond donors (Lipinski definition) is 2. The Morgan fingerprint density at radius 1 is 1.17 bits per heavy atom. The van der Waals surface area contributed by atoms with Crippen LogP contribution in [0, 0.1) is 17.0 Å². The number of nitro benzene ring substituents is 1. The lowest BCUT2D eigenvalue weighted by Crippen LogP contribution is -2.22. The van der Waals surface area contributed by atoms with Crippen molar-refractivity contribution in [2.24, 2.45) is 0 Å². The van der Waals surface area contributed by atoms with Gasteiger partial charge in [-0.15, -0.1) is 0 Å². The molecule has 1 aliphatic rings. The number of carbonyl (C=O) groups excluding carboxylic acids is 2. The molecule has 0 bridgehead atoms. The average Bonchev–Trinajstić information content (AvgIpc) is 3.06. The molecule has 8 heteroatoms. The van der Waals surface area contributed by atoms with Crippen molar-refractivity contribution < 1.29 is 18.9 Å². The van der Waals surface area contributed by atoms with E-state index in [1.807, 2.05) is 0 Å². The Morgan fingerprint density at radius 3 is 2.57 bits per heavy atom. The second kappa shape index (κ2) is 5.41. The fraction of sp³-hybridized carbons (Fsp3) is 0.0667. The Bertz CT molecular complexity index is 866. The van der Waals surface area contributed by atoms with E-state index < -0.39 is 16.9 Å². The van der Waals surface area contributed by atoms with E-state index in [2.05, 4.69) is 10.6 Å². The monoisotopic (exact) mass is 313 g/mol. The summed E-state index contributed by atoms with van der Waals surface area (Å²) in [4.78, 5) is 32.8. The fourth-order valence-electron chi connectivity index (χ4n) is 2.24. The number of non-ortho nitro benzene ring substituents is 1. The molecule has 3 amide bonds. The molecule has 0 saturated carbocycles. The highest BCUT2D eigenvalue weighted by Crippen LogP contribution is 2.29. The standard InChI is InChI=1S/C15H11N3O5/c1-8-6-9(18(21)22)2-4-11(8)13-5-3-10(23-13)7-12-14(19)17-15(20)16-12/h2-7H,1H3,(H2,16,17,19,20)/b12-7-. The number of benzene rings is 1. The molecular formula is C15H11N3O5. The molecule has 0 atom stereocenters. The summed E-state index contributed by atoms with van der Waals surface area (Å²) in [7, 11) is 0. The van der Waals surface area contributed by atoms with Crippen LogP contribution < -0.4 is 10.6 Å². The maximum absolute atomic E-state index is 11.5. The number of urea groups is 1. The summed E-state index contributed by atoms with van der Waals surface area (Å²) in [6.07, 6.45) is 1.41. The highest BCUT2D eigenvalue weighted by Gasteiger charge is 2.23. The molecule has 0 unspecified atom stereocenters. The van der Waals surface area contributed by atoms with Crippen LogP contribution >= 0.6 is 0 Å². The lowest BCUT2D eigenvalue weighted by molar-refractivity contribution is -0.384. The first kappa shape index (κ1) is 14.5. The van der Waals surface area contributed by atoms with Gasteiger partial charge in [0.15, 0.2) is 0 Å². The van der Waals surface area contributed by atoms with E-state index in [0.717, 1.165) is 0 Å². The summed E-state index contributed by atoms with van der Waals surface area (Å²) in [6.45, 7) is 1.74. The van der Waals surface area contributed by atoms with Crippen molar-refractivity contribution in [1.82, 2.24) is 10.6 Å².